The number of hydrogen-bond acceptors (Lipinski definition) is 3. The molecule has 2 aromatic rings. The second kappa shape index (κ2) is 3.09. The van der Waals surface area contributed by atoms with Crippen LogP contribution >= 0.6 is 0 Å². The van der Waals surface area contributed by atoms with Crippen LogP contribution in [0.25, 0.3) is 10.9 Å². The molecule has 1 aromatic heterocycles. The summed E-state index contributed by atoms with van der Waals surface area (Å²) in [5.41, 5.74) is 0.226. The van der Waals surface area contributed by atoms with Gasteiger partial charge in [-0.15, -0.1) is 0 Å². The van der Waals surface area contributed by atoms with E-state index in [1.165, 1.54) is 30.5 Å². The number of benzene rings is 1. The van der Waals surface area contributed by atoms with E-state index in [2.05, 4.69) is 0 Å². The van der Waals surface area contributed by atoms with E-state index in [0.717, 1.165) is 4.57 Å². The summed E-state index contributed by atoms with van der Waals surface area (Å²) in [6, 6.07) is 5.74. The van der Waals surface area contributed by atoms with Crippen molar-refractivity contribution in [2.45, 2.75) is 0 Å². The number of hydrogen-bond donors (Lipinski definition) is 1. The summed E-state index contributed by atoms with van der Waals surface area (Å²) in [7, 11) is 0. The number of nitro groups is 1. The minimum atomic E-state index is -1.16. The molecular weight excluding hydrogens is 200 g/mol. The van der Waals surface area contributed by atoms with Crippen molar-refractivity contribution < 1.29 is 14.8 Å². The fraction of sp³-hybridized carbons (Fsp3) is 0. The first-order valence-electron chi connectivity index (χ1n) is 4.09. The maximum atomic E-state index is 10.8. The Labute approximate surface area is 83.5 Å². The highest BCUT2D eigenvalue weighted by Crippen LogP contribution is 2.25. The summed E-state index contributed by atoms with van der Waals surface area (Å²) < 4.78 is 0.947. The summed E-state index contributed by atoms with van der Waals surface area (Å²) in [5.74, 6) is 0. The van der Waals surface area contributed by atoms with Crippen LogP contribution in [0.3, 0.4) is 0 Å². The van der Waals surface area contributed by atoms with Gasteiger partial charge in [0.25, 0.3) is 5.69 Å². The van der Waals surface area contributed by atoms with Crippen molar-refractivity contribution in [2.75, 3.05) is 0 Å². The van der Waals surface area contributed by atoms with Crippen LogP contribution in [0.4, 0.5) is 10.5 Å². The summed E-state index contributed by atoms with van der Waals surface area (Å²) in [4.78, 5) is 20.9. The van der Waals surface area contributed by atoms with E-state index < -0.39 is 11.0 Å². The normalized spacial score (nSPS) is 10.4. The molecule has 15 heavy (non-hydrogen) atoms. The lowest BCUT2D eigenvalue weighted by Crippen LogP contribution is -2.05. The molecule has 0 unspecified atom stereocenters. The topological polar surface area (TPSA) is 85.4 Å². The summed E-state index contributed by atoms with van der Waals surface area (Å²) in [5, 5.41) is 19.8. The van der Waals surface area contributed by atoms with Gasteiger partial charge >= 0.3 is 6.09 Å². The van der Waals surface area contributed by atoms with E-state index >= 15 is 0 Å². The van der Waals surface area contributed by atoms with Crippen LogP contribution in [0.1, 0.15) is 0 Å². The maximum absolute atomic E-state index is 10.8. The molecule has 6 nitrogen and oxygen atoms in total. The number of carboxylic acid groups (broad SMARTS) is 1. The predicted molar refractivity (Wildman–Crippen MR) is 52.0 cm³/mol. The molecule has 0 aliphatic rings. The lowest BCUT2D eigenvalue weighted by Gasteiger charge is -1.97. The SMILES string of the molecule is O=C(O)n1ccc2c([N+](=O)[O-])cccc21. The van der Waals surface area contributed by atoms with Crippen LogP contribution in [0.15, 0.2) is 30.5 Å². The lowest BCUT2D eigenvalue weighted by atomic mass is 10.2. The Hall–Kier alpha value is -2.37. The van der Waals surface area contributed by atoms with E-state index in [1.54, 1.807) is 0 Å². The summed E-state index contributed by atoms with van der Waals surface area (Å²) in [6.07, 6.45) is 0.130. The number of nitro benzene ring substituents is 1. The van der Waals surface area contributed by atoms with Gasteiger partial charge in [0.1, 0.15) is 0 Å². The van der Waals surface area contributed by atoms with Crippen molar-refractivity contribution in [3.05, 3.63) is 40.6 Å². The van der Waals surface area contributed by atoms with Crippen LogP contribution in [-0.4, -0.2) is 20.7 Å². The number of aromatic nitrogens is 1. The Bertz CT molecular complexity index is 558. The monoisotopic (exact) mass is 206 g/mol. The third kappa shape index (κ3) is 1.32. The molecular formula is C9H6N2O4. The Morgan fingerprint density at radius 3 is 2.73 bits per heavy atom. The average Bonchev–Trinajstić information content (AvgIpc) is 2.59. The number of fused-ring (bicyclic) bond motifs is 1. The van der Waals surface area contributed by atoms with Crippen molar-refractivity contribution in [2.24, 2.45) is 0 Å². The third-order valence-electron chi connectivity index (χ3n) is 2.11. The van der Waals surface area contributed by atoms with Gasteiger partial charge < -0.3 is 5.11 Å². The van der Waals surface area contributed by atoms with E-state index in [-0.39, 0.29) is 5.69 Å². The van der Waals surface area contributed by atoms with Crippen molar-refractivity contribution >= 4 is 22.7 Å². The Morgan fingerprint density at radius 1 is 1.40 bits per heavy atom. The number of carbonyl (C=O) groups is 1. The first-order chi connectivity index (χ1) is 7.11. The van der Waals surface area contributed by atoms with E-state index in [0.29, 0.717) is 10.9 Å². The molecule has 1 N–H and O–H groups in total. The van der Waals surface area contributed by atoms with Crippen LogP contribution in [0.5, 0.6) is 0 Å². The van der Waals surface area contributed by atoms with Crippen molar-refractivity contribution in [3.8, 4) is 0 Å². The first kappa shape index (κ1) is 9.20. The molecule has 0 atom stereocenters. The van der Waals surface area contributed by atoms with Gasteiger partial charge in [-0.3, -0.25) is 14.7 Å². The molecule has 0 amide bonds. The molecule has 76 valence electrons. The van der Waals surface area contributed by atoms with Gasteiger partial charge in [0.2, 0.25) is 0 Å². The smallest absolute Gasteiger partial charge is 0.416 e. The third-order valence-corrected chi connectivity index (χ3v) is 2.11. The fourth-order valence-corrected chi connectivity index (χ4v) is 1.48. The minimum absolute atomic E-state index is 0.0903. The molecule has 0 radical (unpaired) electrons. The van der Waals surface area contributed by atoms with Gasteiger partial charge in [-0.05, 0) is 12.1 Å². The van der Waals surface area contributed by atoms with Crippen LogP contribution in [0.2, 0.25) is 0 Å². The van der Waals surface area contributed by atoms with Gasteiger partial charge in [-0.2, -0.15) is 0 Å². The van der Waals surface area contributed by atoms with Gasteiger partial charge in [-0.1, -0.05) is 6.07 Å². The second-order valence-electron chi connectivity index (χ2n) is 2.94. The molecule has 0 saturated heterocycles. The Morgan fingerprint density at radius 2 is 2.13 bits per heavy atom. The van der Waals surface area contributed by atoms with Crippen molar-refractivity contribution in [3.63, 3.8) is 0 Å². The zero-order valence-corrected chi connectivity index (χ0v) is 7.45. The Balaban J connectivity index is 2.80. The van der Waals surface area contributed by atoms with Gasteiger partial charge in [0.05, 0.1) is 15.8 Å². The van der Waals surface area contributed by atoms with Gasteiger partial charge in [0, 0.05) is 12.3 Å². The van der Waals surface area contributed by atoms with Crippen molar-refractivity contribution in [1.82, 2.24) is 4.57 Å². The quantitative estimate of drug-likeness (QED) is 0.571. The van der Waals surface area contributed by atoms with Crippen LogP contribution in [-0.2, 0) is 0 Å². The number of rotatable bonds is 1. The largest absolute Gasteiger partial charge is 0.464 e. The van der Waals surface area contributed by atoms with E-state index in [1.807, 2.05) is 0 Å². The molecule has 2 rings (SSSR count). The zero-order valence-electron chi connectivity index (χ0n) is 7.45. The lowest BCUT2D eigenvalue weighted by molar-refractivity contribution is -0.383. The van der Waals surface area contributed by atoms with E-state index in [9.17, 15) is 14.9 Å². The van der Waals surface area contributed by atoms with E-state index in [4.69, 9.17) is 5.11 Å². The van der Waals surface area contributed by atoms with Gasteiger partial charge in [0.15, 0.2) is 0 Å². The summed E-state index contributed by atoms with van der Waals surface area (Å²) >= 11 is 0. The average molecular weight is 206 g/mol. The maximum Gasteiger partial charge on any atom is 0.416 e. The molecule has 0 aliphatic carbocycles. The number of non-ortho nitro benzene ring substituents is 1. The minimum Gasteiger partial charge on any atom is -0.464 e. The molecule has 0 fully saturated rings. The number of nitrogens with zero attached hydrogens (tertiary/aromatic N) is 2. The molecule has 1 aromatic carbocycles. The van der Waals surface area contributed by atoms with Crippen molar-refractivity contribution in [1.29, 1.82) is 0 Å². The van der Waals surface area contributed by atoms with Crippen LogP contribution in [0, 0.1) is 10.1 Å². The molecule has 0 saturated carbocycles. The molecule has 1 heterocycles. The highest BCUT2D eigenvalue weighted by Gasteiger charge is 2.15. The Kier molecular flexibility index (Phi) is 1.89. The highest BCUT2D eigenvalue weighted by molar-refractivity contribution is 5.94. The summed E-state index contributed by atoms with van der Waals surface area (Å²) in [6.45, 7) is 0. The zero-order chi connectivity index (χ0) is 11.0. The molecule has 6 heteroatoms. The first-order valence-corrected chi connectivity index (χ1v) is 4.09. The highest BCUT2D eigenvalue weighted by atomic mass is 16.6. The molecule has 0 spiro atoms. The molecule has 0 bridgehead atoms. The van der Waals surface area contributed by atoms with Crippen LogP contribution < -0.4 is 0 Å². The second-order valence-corrected chi connectivity index (χ2v) is 2.94. The molecule has 0 aliphatic heterocycles. The van der Waals surface area contributed by atoms with Gasteiger partial charge in [-0.25, -0.2) is 4.79 Å². The predicted octanol–water partition coefficient (Wildman–Crippen LogP) is 2.08. The standard InChI is InChI=1S/C9H6N2O4/c12-9(13)10-5-4-6-7(10)2-1-3-8(6)11(14)15/h1-5H,(H,12,13). The fourth-order valence-electron chi connectivity index (χ4n) is 1.48.